The van der Waals surface area contributed by atoms with E-state index in [2.05, 4.69) is 157 Å². The van der Waals surface area contributed by atoms with Crippen molar-refractivity contribution in [3.8, 4) is 44.8 Å². The van der Waals surface area contributed by atoms with Crippen LogP contribution < -0.4 is 26.2 Å². The van der Waals surface area contributed by atoms with Crippen molar-refractivity contribution in [1.29, 1.82) is 0 Å². The molecule has 0 fully saturated rings. The Morgan fingerprint density at radius 3 is 1.22 bits per heavy atom. The van der Waals surface area contributed by atoms with E-state index in [9.17, 15) is 16.4 Å². The number of hydrogen-bond acceptors (Lipinski definition) is 3. The van der Waals surface area contributed by atoms with Crippen LogP contribution >= 0.6 is 0 Å². The predicted molar refractivity (Wildman–Crippen MR) is 409 cm³/mol. The average Bonchev–Trinajstić information content (AvgIpc) is 0.857. The van der Waals surface area contributed by atoms with Crippen molar-refractivity contribution in [3.05, 3.63) is 295 Å². The third kappa shape index (κ3) is 8.84. The smallest absolute Gasteiger partial charge is 0.252 e. The molecule has 5 heterocycles. The minimum Gasteiger partial charge on any atom is -0.456 e. The van der Waals surface area contributed by atoms with Crippen LogP contribution in [-0.2, 0) is 16.2 Å². The summed E-state index contributed by atoms with van der Waals surface area (Å²) in [4.78, 5) is 4.63. The van der Waals surface area contributed by atoms with E-state index in [4.69, 9.17) is 9.90 Å². The van der Waals surface area contributed by atoms with E-state index in [1.807, 2.05) is 97.1 Å². The van der Waals surface area contributed by atoms with Gasteiger partial charge in [0.2, 0.25) is 0 Å². The van der Waals surface area contributed by atoms with E-state index in [0.29, 0.717) is 33.9 Å². The van der Waals surface area contributed by atoms with E-state index in [1.165, 1.54) is 0 Å². The molecule has 0 amide bonds. The molecule has 0 unspecified atom stereocenters. The second-order valence-corrected chi connectivity index (χ2v) is 28.5. The first kappa shape index (κ1) is 43.0. The Labute approximate surface area is 584 Å². The summed E-state index contributed by atoms with van der Waals surface area (Å²) >= 11 is 0. The largest absolute Gasteiger partial charge is 0.456 e. The van der Waals surface area contributed by atoms with Gasteiger partial charge in [-0.05, 0) is 157 Å². The lowest BCUT2D eigenvalue weighted by Gasteiger charge is -2.46. The van der Waals surface area contributed by atoms with Crippen molar-refractivity contribution in [2.75, 3.05) is 9.80 Å². The number of para-hydroxylation sites is 5. The molecule has 0 saturated heterocycles. The first-order chi connectivity index (χ1) is 53.2. The van der Waals surface area contributed by atoms with Gasteiger partial charge in [-0.3, -0.25) is 0 Å². The summed E-state index contributed by atoms with van der Waals surface area (Å²) in [6.07, 6.45) is 0. The van der Waals surface area contributed by atoms with Gasteiger partial charge >= 0.3 is 0 Å². The van der Waals surface area contributed by atoms with Gasteiger partial charge in [0.25, 0.3) is 6.71 Å². The van der Waals surface area contributed by atoms with Gasteiger partial charge in [0.1, 0.15) is 11.2 Å². The molecule has 0 radical (unpaired) electrons. The second-order valence-electron chi connectivity index (χ2n) is 28.5. The van der Waals surface area contributed by atoms with Gasteiger partial charge in [0, 0.05) is 77.7 Å². The Bertz CT molecular complexity index is 6630. The normalized spacial score (nSPS) is 15.5. The third-order valence-electron chi connectivity index (χ3n) is 19.7. The predicted octanol–water partition coefficient (Wildman–Crippen LogP) is 22.8. The lowest BCUT2D eigenvalue weighted by Crippen LogP contribution is -2.61. The highest BCUT2D eigenvalue weighted by Crippen LogP contribution is 2.55. The van der Waals surface area contributed by atoms with Crippen molar-refractivity contribution < 1.29 is 26.3 Å². The summed E-state index contributed by atoms with van der Waals surface area (Å²) in [5.41, 5.74) is 15.1. The van der Waals surface area contributed by atoms with Crippen LogP contribution in [-0.4, -0.2) is 15.8 Å². The Kier molecular flexibility index (Phi) is 9.51. The number of anilines is 6. The van der Waals surface area contributed by atoms with E-state index in [1.54, 1.807) is 9.13 Å². The fourth-order valence-corrected chi connectivity index (χ4v) is 14.9. The molecule has 0 aliphatic carbocycles. The van der Waals surface area contributed by atoms with Crippen LogP contribution in [0.15, 0.2) is 283 Å². The van der Waals surface area contributed by atoms with Crippen LogP contribution in [0.25, 0.3) is 110 Å². The van der Waals surface area contributed by atoms with Gasteiger partial charge in [-0.1, -0.05) is 250 Å². The van der Waals surface area contributed by atoms with Gasteiger partial charge in [-0.15, -0.1) is 0 Å². The summed E-state index contributed by atoms with van der Waals surface area (Å²) in [5.74, 6) is 0. The molecule has 2 aliphatic rings. The standard InChI is InChI=1S/C90H73BN4O/c1-88(2,3)59-42-40-58(41-43-59)64-46-49-83-84(69-34-20-25-39-82(69)96-83)87(64)95-79-55-63(93-76-37-23-18-32-67(76)68-33-19-24-38-77(68)93)45-48-73(79)91-72-47-44-62(92-74-35-21-16-30-65(74)66-31-17-22-36-75(66)92)54-78(72)94(80-52-61(90(7,8)9)53-81(95)85(80)91)86-70(56-26-12-10-13-27-56)50-60(89(4,5)6)51-71(86)57-28-14-11-15-29-57/h10-55H,1-9H3/i16D,17D,18D,19D,21D,22D,23D,24D,30D,31D,32D,33D,35D,36D,37D,38D. The van der Waals surface area contributed by atoms with Crippen LogP contribution in [0.5, 0.6) is 0 Å². The van der Waals surface area contributed by atoms with Gasteiger partial charge in [0.05, 0.1) is 60.8 Å². The molecule has 0 spiro atoms. The molecular formula is C90H73BN4O. The van der Waals surface area contributed by atoms with E-state index < -0.39 is 114 Å². The number of fused-ring (bicyclic) bond motifs is 13. The van der Waals surface area contributed by atoms with Gasteiger partial charge < -0.3 is 23.4 Å². The molecule has 0 bridgehead atoms. The molecule has 3 aromatic heterocycles. The number of furan rings is 1. The molecule has 0 atom stereocenters. The zero-order chi connectivity index (χ0) is 79.0. The number of aromatic nitrogens is 2. The molecule has 462 valence electrons. The summed E-state index contributed by atoms with van der Waals surface area (Å²) < 4.78 is 161. The molecule has 0 saturated carbocycles. The van der Waals surface area contributed by atoms with Crippen LogP contribution in [0.3, 0.4) is 0 Å². The molecule has 13 aromatic carbocycles. The Hall–Kier alpha value is -11.1. The molecule has 18 rings (SSSR count). The van der Waals surface area contributed by atoms with Crippen LogP contribution in [0, 0.1) is 0 Å². The van der Waals surface area contributed by atoms with Gasteiger partial charge in [-0.25, -0.2) is 0 Å². The maximum absolute atomic E-state index is 9.82. The van der Waals surface area contributed by atoms with Crippen molar-refractivity contribution in [2.24, 2.45) is 0 Å². The maximum atomic E-state index is 9.82. The van der Waals surface area contributed by atoms with Crippen molar-refractivity contribution in [2.45, 2.75) is 78.6 Å². The van der Waals surface area contributed by atoms with Crippen LogP contribution in [0.2, 0.25) is 0 Å². The van der Waals surface area contributed by atoms with E-state index in [-0.39, 0.29) is 49.0 Å². The van der Waals surface area contributed by atoms with Crippen molar-refractivity contribution >= 4 is 123 Å². The SMILES string of the molecule is [2H]c1c([2H])c([2H])c2c(c1[2H])c1c([2H])c([2H])c([2H])c([2H])c1n2-c1ccc2c(c1)N(c1c(-c3ccccc3)cc(C(C)(C)C)cc1-c1ccccc1)c1cc(C(C)(C)C)cc3c1B2c1ccc(-n2c4c([2H])c([2H])c([2H])c([2H])c4c4c([2H])c([2H])c([2H])c([2H])c42)cc1N3c1c(-c2ccc(C(C)(C)C)cc2)ccc2oc3ccccc3c12. The molecule has 6 heteroatoms. The molecule has 2 aliphatic heterocycles. The third-order valence-corrected chi connectivity index (χ3v) is 19.7. The fourth-order valence-electron chi connectivity index (χ4n) is 14.9. The summed E-state index contributed by atoms with van der Waals surface area (Å²) in [6, 6.07) is 53.8. The zero-order valence-electron chi connectivity index (χ0n) is 70.6. The summed E-state index contributed by atoms with van der Waals surface area (Å²) in [7, 11) is 0. The number of rotatable bonds is 7. The monoisotopic (exact) mass is 1250 g/mol. The molecule has 16 aromatic rings. The van der Waals surface area contributed by atoms with Gasteiger partial charge in [0.15, 0.2) is 0 Å². The minimum absolute atomic E-state index is 0.0479. The second kappa shape index (κ2) is 21.2. The Balaban J connectivity index is 1.07. The van der Waals surface area contributed by atoms with Crippen LogP contribution in [0.4, 0.5) is 34.1 Å². The highest BCUT2D eigenvalue weighted by atomic mass is 16.3. The van der Waals surface area contributed by atoms with Crippen LogP contribution in [0.1, 0.15) is 101 Å². The quantitative estimate of drug-likeness (QED) is 0.149. The van der Waals surface area contributed by atoms with Gasteiger partial charge in [-0.2, -0.15) is 0 Å². The van der Waals surface area contributed by atoms with Crippen molar-refractivity contribution in [1.82, 2.24) is 9.13 Å². The fraction of sp³-hybridized carbons (Fsp3) is 0.133. The summed E-state index contributed by atoms with van der Waals surface area (Å²) in [5, 5.41) is 1.30. The topological polar surface area (TPSA) is 29.5 Å². The molecule has 96 heavy (non-hydrogen) atoms. The van der Waals surface area contributed by atoms with E-state index in [0.717, 1.165) is 100.0 Å². The number of hydrogen-bond donors (Lipinski definition) is 0. The lowest BCUT2D eigenvalue weighted by molar-refractivity contribution is 0.590. The lowest BCUT2D eigenvalue weighted by atomic mass is 9.33. The number of benzene rings is 13. The maximum Gasteiger partial charge on any atom is 0.252 e. The average molecular weight is 1250 g/mol. The summed E-state index contributed by atoms with van der Waals surface area (Å²) in [6.45, 7) is 18.9. The molecule has 5 nitrogen and oxygen atoms in total. The first-order valence-corrected chi connectivity index (χ1v) is 32.6. The first-order valence-electron chi connectivity index (χ1n) is 40.6. The van der Waals surface area contributed by atoms with E-state index >= 15 is 0 Å². The number of nitrogens with zero attached hydrogens (tertiary/aromatic N) is 4. The zero-order valence-corrected chi connectivity index (χ0v) is 54.6. The minimum atomic E-state index is -0.760. The Morgan fingerprint density at radius 1 is 0.333 bits per heavy atom. The molecular weight excluding hydrogens is 1160 g/mol. The molecule has 0 N–H and O–H groups in total. The highest BCUT2D eigenvalue weighted by molar-refractivity contribution is 7.00. The van der Waals surface area contributed by atoms with Crippen molar-refractivity contribution in [3.63, 3.8) is 0 Å². The Morgan fingerprint density at radius 2 is 0.750 bits per heavy atom. The highest BCUT2D eigenvalue weighted by Gasteiger charge is 2.46.